The van der Waals surface area contributed by atoms with Crippen LogP contribution in [-0.2, 0) is 0 Å². The molecule has 0 aliphatic heterocycles. The second-order valence-corrected chi connectivity index (χ2v) is 6.08. The molecule has 0 aromatic rings. The summed E-state index contributed by atoms with van der Waals surface area (Å²) in [5, 5.41) is 0. The summed E-state index contributed by atoms with van der Waals surface area (Å²) < 4.78 is -2.36. The Morgan fingerprint density at radius 1 is 0.800 bits per heavy atom. The number of hydrogen-bond donors (Lipinski definition) is 0. The molecule has 0 radical (unpaired) electrons. The van der Waals surface area contributed by atoms with Crippen LogP contribution in [0.1, 0.15) is 0 Å². The molecule has 0 aromatic carbocycles. The van der Waals surface area contributed by atoms with Crippen molar-refractivity contribution in [1.29, 1.82) is 0 Å². The lowest BCUT2D eigenvalue weighted by Gasteiger charge is -1.91. The Kier molecular flexibility index (Phi) is 17.1. The molecule has 0 rings (SSSR count). The van der Waals surface area contributed by atoms with Crippen molar-refractivity contribution in [2.45, 2.75) is 7.55 Å². The predicted molar refractivity (Wildman–Crippen MR) is 54.7 cm³/mol. The summed E-state index contributed by atoms with van der Waals surface area (Å²) in [5.41, 5.74) is 0. The molecule has 0 heterocycles. The monoisotopic (exact) mass is 306 g/mol. The molecular formula is C2H2Cl8. The quantitative estimate of drug-likeness (QED) is 0.555. The molecule has 0 saturated heterocycles. The lowest BCUT2D eigenvalue weighted by molar-refractivity contribution is 1.76. The summed E-state index contributed by atoms with van der Waals surface area (Å²) in [5.74, 6) is 0. The molecule has 0 N–H and O–H groups in total. The van der Waals surface area contributed by atoms with Crippen molar-refractivity contribution in [3.05, 3.63) is 0 Å². The van der Waals surface area contributed by atoms with Gasteiger partial charge in [0.1, 0.15) is 0 Å². The van der Waals surface area contributed by atoms with E-state index < -0.39 is 7.55 Å². The summed E-state index contributed by atoms with van der Waals surface area (Å²) in [6, 6.07) is 0. The third kappa shape index (κ3) is 167. The molecule has 0 aliphatic rings. The van der Waals surface area contributed by atoms with Crippen LogP contribution in [-0.4, -0.2) is 7.55 Å². The van der Waals surface area contributed by atoms with Crippen molar-refractivity contribution in [1.82, 2.24) is 0 Å². The van der Waals surface area contributed by atoms with Gasteiger partial charge in [-0.05, 0) is 0 Å². The van der Waals surface area contributed by atoms with Gasteiger partial charge in [-0.25, -0.2) is 0 Å². The van der Waals surface area contributed by atoms with Gasteiger partial charge in [0.15, 0.2) is 4.30 Å². The van der Waals surface area contributed by atoms with Crippen molar-refractivity contribution in [3.63, 3.8) is 0 Å². The maximum atomic E-state index is 4.83. The van der Waals surface area contributed by atoms with Crippen molar-refractivity contribution < 1.29 is 0 Å². The number of hydrogen-bond acceptors (Lipinski definition) is 0. The van der Waals surface area contributed by atoms with Gasteiger partial charge in [0.2, 0.25) is 0 Å². The summed E-state index contributed by atoms with van der Waals surface area (Å²) >= 11 is 33.7. The zero-order chi connectivity index (χ0) is 8.08. The number of alkyl halides is 7. The van der Waals surface area contributed by atoms with Gasteiger partial charge in [-0.15, -0.1) is 12.4 Å². The van der Waals surface area contributed by atoms with Crippen LogP contribution in [0, 0.1) is 0 Å². The molecule has 0 bridgehead atoms. The highest BCUT2D eigenvalue weighted by atomic mass is 35.6. The molecule has 0 saturated carbocycles. The van der Waals surface area contributed by atoms with Gasteiger partial charge in [0, 0.05) is 0 Å². The third-order valence-corrected chi connectivity index (χ3v) is 0. The van der Waals surface area contributed by atoms with Crippen LogP contribution in [0.5, 0.6) is 0 Å². The molecule has 0 aromatic heterocycles. The second-order valence-electron chi connectivity index (χ2n) is 0.676. The topological polar surface area (TPSA) is 0 Å². The molecule has 8 heteroatoms. The zero-order valence-corrected chi connectivity index (χ0v) is 10.2. The minimum Gasteiger partial charge on any atom is -0.147 e. The van der Waals surface area contributed by atoms with Gasteiger partial charge < -0.3 is 0 Å². The van der Waals surface area contributed by atoms with Crippen molar-refractivity contribution in [2.24, 2.45) is 0 Å². The molecule has 0 aliphatic carbocycles. The van der Waals surface area contributed by atoms with Crippen LogP contribution in [0.2, 0.25) is 0 Å². The summed E-state index contributed by atoms with van der Waals surface area (Å²) in [4.78, 5) is 0. The summed E-state index contributed by atoms with van der Waals surface area (Å²) in [7, 11) is 0. The standard InChI is InChI=1S/CCl4.CHCl3.ClH/c2-1(3,4)5;2-1(3)4;/h;1H;1H. The van der Waals surface area contributed by atoms with E-state index in [9.17, 15) is 0 Å². The Hall–Kier alpha value is 2.32. The fourth-order valence-electron chi connectivity index (χ4n) is 0. The molecule has 66 valence electrons. The lowest BCUT2D eigenvalue weighted by atomic mass is 11.8. The predicted octanol–water partition coefficient (Wildman–Crippen LogP) is 4.96. The Bertz CT molecular complexity index is 44.0. The average molecular weight is 310 g/mol. The van der Waals surface area contributed by atoms with Crippen molar-refractivity contribution in [3.8, 4) is 0 Å². The van der Waals surface area contributed by atoms with E-state index in [1.165, 1.54) is 0 Å². The highest BCUT2D eigenvalue weighted by molar-refractivity contribution is 6.83. The maximum absolute atomic E-state index is 4.83. The largest absolute Gasteiger partial charge is 0.266 e. The minimum atomic E-state index is -1.61. The van der Waals surface area contributed by atoms with Crippen LogP contribution in [0.4, 0.5) is 0 Å². The second kappa shape index (κ2) is 9.41. The fourth-order valence-corrected chi connectivity index (χ4v) is 0. The highest BCUT2D eigenvalue weighted by Gasteiger charge is 2.11. The lowest BCUT2D eigenvalue weighted by Crippen LogP contribution is -1.81. The maximum Gasteiger partial charge on any atom is 0.266 e. The van der Waals surface area contributed by atoms with Crippen LogP contribution in [0.15, 0.2) is 0 Å². The molecule has 0 unspecified atom stereocenters. The van der Waals surface area contributed by atoms with Gasteiger partial charge in [0.25, 0.3) is 3.25 Å². The molecular weight excluding hydrogens is 308 g/mol. The highest BCUT2D eigenvalue weighted by Crippen LogP contribution is 2.29. The first-order valence-electron chi connectivity index (χ1n) is 1.41. The fraction of sp³-hybridized carbons (Fsp3) is 1.00. The first-order valence-corrected chi connectivity index (χ1v) is 4.23. The van der Waals surface area contributed by atoms with Gasteiger partial charge in [-0.2, -0.15) is 0 Å². The van der Waals surface area contributed by atoms with E-state index in [1.807, 2.05) is 0 Å². The molecule has 0 fully saturated rings. The average Bonchev–Trinajstić information content (AvgIpc) is 1.19. The smallest absolute Gasteiger partial charge is 0.147 e. The van der Waals surface area contributed by atoms with Crippen molar-refractivity contribution in [2.75, 3.05) is 0 Å². The molecule has 0 amide bonds. The van der Waals surface area contributed by atoms with E-state index in [2.05, 4.69) is 0 Å². The first kappa shape index (κ1) is 18.2. The Morgan fingerprint density at radius 3 is 0.800 bits per heavy atom. The number of rotatable bonds is 0. The van der Waals surface area contributed by atoms with Gasteiger partial charge in [-0.1, -0.05) is 81.2 Å². The van der Waals surface area contributed by atoms with E-state index in [1.54, 1.807) is 0 Å². The normalized spacial score (nSPS) is 9.60. The summed E-state index contributed by atoms with van der Waals surface area (Å²) in [6.07, 6.45) is 0. The van der Waals surface area contributed by atoms with Crippen LogP contribution >= 0.6 is 93.6 Å². The van der Waals surface area contributed by atoms with Crippen LogP contribution in [0.25, 0.3) is 0 Å². The first-order chi connectivity index (χ1) is 3.73. The molecule has 10 heavy (non-hydrogen) atoms. The molecule has 0 nitrogen and oxygen atoms in total. The van der Waals surface area contributed by atoms with E-state index in [0.29, 0.717) is 0 Å². The Labute approximate surface area is 100 Å². The minimum absolute atomic E-state index is 0. The van der Waals surface area contributed by atoms with Crippen molar-refractivity contribution >= 4 is 93.6 Å². The molecule has 0 atom stereocenters. The Morgan fingerprint density at radius 2 is 0.800 bits per heavy atom. The van der Waals surface area contributed by atoms with E-state index in [-0.39, 0.29) is 12.4 Å². The van der Waals surface area contributed by atoms with Crippen LogP contribution in [0.3, 0.4) is 0 Å². The Balaban J connectivity index is -0.0000000910. The van der Waals surface area contributed by atoms with E-state index in [4.69, 9.17) is 81.2 Å². The SMILES string of the molecule is Cl.ClC(Cl)(Cl)Cl.ClC(Cl)Cl. The third-order valence-electron chi connectivity index (χ3n) is 0. The van der Waals surface area contributed by atoms with Gasteiger partial charge in [-0.3, -0.25) is 0 Å². The zero-order valence-electron chi connectivity index (χ0n) is 4.13. The van der Waals surface area contributed by atoms with E-state index in [0.717, 1.165) is 0 Å². The summed E-state index contributed by atoms with van der Waals surface area (Å²) in [6.45, 7) is 0. The van der Waals surface area contributed by atoms with Gasteiger partial charge >= 0.3 is 0 Å². The van der Waals surface area contributed by atoms with Gasteiger partial charge in [0.05, 0.1) is 0 Å². The number of halogens is 8. The van der Waals surface area contributed by atoms with Crippen LogP contribution < -0.4 is 0 Å². The molecule has 0 spiro atoms. The van der Waals surface area contributed by atoms with E-state index >= 15 is 0 Å².